The molecule has 0 spiro atoms. The molecule has 6 heteroatoms. The number of benzene rings is 2. The van der Waals surface area contributed by atoms with Gasteiger partial charge in [-0.25, -0.2) is 4.79 Å². The molecule has 0 saturated heterocycles. The van der Waals surface area contributed by atoms with Crippen LogP contribution in [0.1, 0.15) is 30.5 Å². The first-order valence-corrected chi connectivity index (χ1v) is 9.80. The summed E-state index contributed by atoms with van der Waals surface area (Å²) in [4.78, 5) is 12.9. The van der Waals surface area contributed by atoms with Crippen molar-refractivity contribution in [1.29, 1.82) is 0 Å². The monoisotopic (exact) mass is 373 g/mol. The van der Waals surface area contributed by atoms with Gasteiger partial charge in [-0.05, 0) is 44.9 Å². The van der Waals surface area contributed by atoms with Crippen molar-refractivity contribution >= 4 is 16.9 Å². The summed E-state index contributed by atoms with van der Waals surface area (Å²) in [6.45, 7) is 7.80. The number of aryl methyl sites for hydroxylation is 2. The molecule has 0 aliphatic carbocycles. The molecule has 1 N–H and O–H groups in total. The standard InChI is InChI=1S/C20H23NO4S/c1-13-7-5-8-14(2)18(13)26(23)12-21-19(22)24-16-10-6-9-15-11-20(3,4)25-17(15)16/h5-10H,11-12H2,1-4H3,(H,21,22). The Morgan fingerprint density at radius 3 is 2.54 bits per heavy atom. The molecule has 138 valence electrons. The van der Waals surface area contributed by atoms with Crippen LogP contribution < -0.4 is 14.8 Å². The quantitative estimate of drug-likeness (QED) is 0.884. The average Bonchev–Trinajstić information content (AvgIpc) is 2.88. The van der Waals surface area contributed by atoms with Crippen molar-refractivity contribution in [3.63, 3.8) is 0 Å². The second-order valence-corrected chi connectivity index (χ2v) is 8.45. The Morgan fingerprint density at radius 2 is 1.85 bits per heavy atom. The number of nitrogens with one attached hydrogen (secondary N) is 1. The van der Waals surface area contributed by atoms with Gasteiger partial charge >= 0.3 is 6.09 Å². The van der Waals surface area contributed by atoms with Crippen molar-refractivity contribution in [2.24, 2.45) is 0 Å². The third-order valence-corrected chi connectivity index (χ3v) is 5.75. The van der Waals surface area contributed by atoms with E-state index < -0.39 is 16.9 Å². The second-order valence-electron chi connectivity index (χ2n) is 7.06. The van der Waals surface area contributed by atoms with Crippen LogP contribution in [0, 0.1) is 13.8 Å². The van der Waals surface area contributed by atoms with Crippen LogP contribution in [0.3, 0.4) is 0 Å². The van der Waals surface area contributed by atoms with E-state index in [0.29, 0.717) is 11.5 Å². The lowest BCUT2D eigenvalue weighted by Crippen LogP contribution is -2.30. The number of carbonyl (C=O) groups is 1. The van der Waals surface area contributed by atoms with Crippen molar-refractivity contribution in [1.82, 2.24) is 5.32 Å². The Hall–Kier alpha value is -2.34. The number of amides is 1. The van der Waals surface area contributed by atoms with E-state index in [2.05, 4.69) is 5.32 Å². The third kappa shape index (κ3) is 3.90. The van der Waals surface area contributed by atoms with E-state index >= 15 is 0 Å². The van der Waals surface area contributed by atoms with E-state index in [1.54, 1.807) is 6.07 Å². The number of para-hydroxylation sites is 1. The summed E-state index contributed by atoms with van der Waals surface area (Å²) >= 11 is 0. The van der Waals surface area contributed by atoms with E-state index in [9.17, 15) is 9.00 Å². The fraction of sp³-hybridized carbons (Fsp3) is 0.350. The zero-order chi connectivity index (χ0) is 18.9. The first-order valence-electron chi connectivity index (χ1n) is 8.48. The second kappa shape index (κ2) is 7.11. The smallest absolute Gasteiger partial charge is 0.413 e. The number of carbonyl (C=O) groups excluding carboxylic acids is 1. The number of hydrogen-bond donors (Lipinski definition) is 1. The molecule has 0 saturated carbocycles. The van der Waals surface area contributed by atoms with E-state index in [1.807, 2.05) is 58.0 Å². The highest BCUT2D eigenvalue weighted by Crippen LogP contribution is 2.41. The fourth-order valence-corrected chi connectivity index (χ4v) is 4.41. The molecule has 1 unspecified atom stereocenters. The van der Waals surface area contributed by atoms with Gasteiger partial charge in [0.15, 0.2) is 11.5 Å². The number of hydrogen-bond acceptors (Lipinski definition) is 4. The van der Waals surface area contributed by atoms with Crippen molar-refractivity contribution in [2.75, 3.05) is 5.88 Å². The van der Waals surface area contributed by atoms with Crippen LogP contribution in [0.2, 0.25) is 0 Å². The number of fused-ring (bicyclic) bond motifs is 1. The molecule has 1 heterocycles. The highest BCUT2D eigenvalue weighted by atomic mass is 32.2. The highest BCUT2D eigenvalue weighted by Gasteiger charge is 2.32. The van der Waals surface area contributed by atoms with Crippen LogP contribution in [0.15, 0.2) is 41.3 Å². The Labute approximate surface area is 156 Å². The molecule has 1 aliphatic rings. The number of rotatable bonds is 4. The molecule has 5 nitrogen and oxygen atoms in total. The van der Waals surface area contributed by atoms with E-state index in [1.165, 1.54) is 0 Å². The molecule has 2 aromatic carbocycles. The minimum absolute atomic E-state index is 0.00803. The predicted molar refractivity (Wildman–Crippen MR) is 101 cm³/mol. The fourth-order valence-electron chi connectivity index (χ4n) is 3.16. The van der Waals surface area contributed by atoms with Gasteiger partial charge in [0.1, 0.15) is 11.5 Å². The maximum absolute atomic E-state index is 12.5. The largest absolute Gasteiger partial charge is 0.483 e. The Morgan fingerprint density at radius 1 is 1.19 bits per heavy atom. The van der Waals surface area contributed by atoms with Crippen molar-refractivity contribution in [3.05, 3.63) is 53.1 Å². The van der Waals surface area contributed by atoms with E-state index in [0.717, 1.165) is 28.0 Å². The molecule has 1 amide bonds. The lowest BCUT2D eigenvalue weighted by atomic mass is 10.0. The van der Waals surface area contributed by atoms with Gasteiger partial charge in [-0.15, -0.1) is 0 Å². The summed E-state index contributed by atoms with van der Waals surface area (Å²) in [5, 5.41) is 2.58. The van der Waals surface area contributed by atoms with Gasteiger partial charge in [0, 0.05) is 16.9 Å². The van der Waals surface area contributed by atoms with Crippen LogP contribution >= 0.6 is 0 Å². The van der Waals surface area contributed by atoms with E-state index in [-0.39, 0.29) is 11.5 Å². The van der Waals surface area contributed by atoms with Crippen LogP contribution in [-0.4, -0.2) is 21.8 Å². The van der Waals surface area contributed by atoms with Gasteiger partial charge < -0.3 is 14.8 Å². The van der Waals surface area contributed by atoms with Gasteiger partial charge in [0.05, 0.1) is 10.8 Å². The van der Waals surface area contributed by atoms with E-state index in [4.69, 9.17) is 9.47 Å². The van der Waals surface area contributed by atoms with Gasteiger partial charge in [0.2, 0.25) is 0 Å². The molecule has 0 bridgehead atoms. The molecule has 0 aromatic heterocycles. The summed E-state index contributed by atoms with van der Waals surface area (Å²) in [6, 6.07) is 11.2. The summed E-state index contributed by atoms with van der Waals surface area (Å²) in [5.74, 6) is 0.971. The molecule has 2 aromatic rings. The molecular formula is C20H23NO4S. The van der Waals surface area contributed by atoms with Crippen molar-refractivity contribution in [2.45, 2.75) is 44.6 Å². The molecule has 0 radical (unpaired) electrons. The summed E-state index contributed by atoms with van der Waals surface area (Å²) in [6.07, 6.45) is 0.115. The van der Waals surface area contributed by atoms with Gasteiger partial charge in [-0.3, -0.25) is 4.21 Å². The Kier molecular flexibility index (Phi) is 5.05. The maximum atomic E-state index is 12.5. The summed E-state index contributed by atoms with van der Waals surface area (Å²) in [5.41, 5.74) is 2.58. The van der Waals surface area contributed by atoms with Crippen LogP contribution in [0.5, 0.6) is 11.5 Å². The first kappa shape index (κ1) is 18.5. The SMILES string of the molecule is Cc1cccc(C)c1S(=O)CNC(=O)Oc1cccc2c1OC(C)(C)C2. The zero-order valence-electron chi connectivity index (χ0n) is 15.4. The lowest BCUT2D eigenvalue weighted by Gasteiger charge is -2.18. The minimum Gasteiger partial charge on any atom is -0.483 e. The highest BCUT2D eigenvalue weighted by molar-refractivity contribution is 7.85. The van der Waals surface area contributed by atoms with Crippen molar-refractivity contribution in [3.8, 4) is 11.5 Å². The van der Waals surface area contributed by atoms with Crippen LogP contribution in [0.25, 0.3) is 0 Å². The minimum atomic E-state index is -1.34. The van der Waals surface area contributed by atoms with Crippen LogP contribution in [0.4, 0.5) is 4.79 Å². The third-order valence-electron chi connectivity index (χ3n) is 4.24. The average molecular weight is 373 g/mol. The van der Waals surface area contributed by atoms with Gasteiger partial charge in [-0.2, -0.15) is 0 Å². The Balaban J connectivity index is 1.64. The molecule has 3 rings (SSSR count). The zero-order valence-corrected chi connectivity index (χ0v) is 16.2. The Bertz CT molecular complexity index is 856. The molecule has 1 aliphatic heterocycles. The summed E-state index contributed by atoms with van der Waals surface area (Å²) < 4.78 is 23.8. The predicted octanol–water partition coefficient (Wildman–Crippen LogP) is 3.87. The molecule has 1 atom stereocenters. The molecule has 0 fully saturated rings. The molecular weight excluding hydrogens is 350 g/mol. The first-order chi connectivity index (χ1) is 12.3. The summed E-state index contributed by atoms with van der Waals surface area (Å²) in [7, 11) is -1.34. The molecule has 26 heavy (non-hydrogen) atoms. The van der Waals surface area contributed by atoms with Gasteiger partial charge in [0.25, 0.3) is 0 Å². The van der Waals surface area contributed by atoms with Crippen LogP contribution in [-0.2, 0) is 17.2 Å². The lowest BCUT2D eigenvalue weighted by molar-refractivity contribution is 0.133. The van der Waals surface area contributed by atoms with Gasteiger partial charge in [-0.1, -0.05) is 30.3 Å². The topological polar surface area (TPSA) is 64.6 Å². The normalized spacial score (nSPS) is 15.7. The number of ether oxygens (including phenoxy) is 2. The maximum Gasteiger partial charge on any atom is 0.413 e. The van der Waals surface area contributed by atoms with Crippen molar-refractivity contribution < 1.29 is 18.5 Å².